The lowest BCUT2D eigenvalue weighted by Crippen LogP contribution is -2.52. The van der Waals surface area contributed by atoms with E-state index in [9.17, 15) is 9.90 Å². The Morgan fingerprint density at radius 3 is 1.96 bits per heavy atom. The smallest absolute Gasteiger partial charge is 0.237 e. The molecule has 23 heavy (non-hydrogen) atoms. The van der Waals surface area contributed by atoms with Crippen LogP contribution in [0.4, 0.5) is 0 Å². The van der Waals surface area contributed by atoms with Gasteiger partial charge in [-0.3, -0.25) is 4.79 Å². The van der Waals surface area contributed by atoms with Crippen molar-refractivity contribution in [2.24, 2.45) is 5.73 Å². The first kappa shape index (κ1) is 16.7. The van der Waals surface area contributed by atoms with Crippen molar-refractivity contribution in [3.8, 4) is 0 Å². The highest BCUT2D eigenvalue weighted by atomic mass is 16.3. The van der Waals surface area contributed by atoms with Gasteiger partial charge in [0.2, 0.25) is 5.91 Å². The third-order valence-corrected chi connectivity index (χ3v) is 3.55. The number of carbonyl (C=O) groups is 1. The third-order valence-electron chi connectivity index (χ3n) is 3.55. The summed E-state index contributed by atoms with van der Waals surface area (Å²) in [4.78, 5) is 12.2. The Labute approximate surface area is 135 Å². The molecule has 5 heteroatoms. The maximum absolute atomic E-state index is 12.2. The normalized spacial score (nSPS) is 13.1. The summed E-state index contributed by atoms with van der Waals surface area (Å²) < 4.78 is 0. The first-order chi connectivity index (χ1) is 11.1. The van der Waals surface area contributed by atoms with E-state index in [1.165, 1.54) is 0 Å². The van der Waals surface area contributed by atoms with Crippen molar-refractivity contribution < 1.29 is 9.90 Å². The van der Waals surface area contributed by atoms with Gasteiger partial charge in [0.25, 0.3) is 0 Å². The standard InChI is InChI=1S/C18H21N3O2/c19-15(11-13-7-3-1-4-8-13)18(23)21-16(17(20)22)12-14-9-5-2-6-10-14/h1-10,15-16H,11-12,19H2,(H2,20,22)(H,21,23)/p-1. The van der Waals surface area contributed by atoms with E-state index in [0.717, 1.165) is 11.1 Å². The lowest BCUT2D eigenvalue weighted by Gasteiger charge is -2.24. The Bertz CT molecular complexity index is 644. The van der Waals surface area contributed by atoms with E-state index >= 15 is 0 Å². The molecule has 0 spiro atoms. The second-order valence-corrected chi connectivity index (χ2v) is 5.41. The summed E-state index contributed by atoms with van der Waals surface area (Å²) >= 11 is 0. The second-order valence-electron chi connectivity index (χ2n) is 5.41. The van der Waals surface area contributed by atoms with Crippen molar-refractivity contribution in [1.82, 2.24) is 5.32 Å². The van der Waals surface area contributed by atoms with E-state index in [2.05, 4.69) is 5.32 Å². The van der Waals surface area contributed by atoms with Crippen molar-refractivity contribution in [3.63, 3.8) is 0 Å². The fourth-order valence-electron chi connectivity index (χ4n) is 2.30. The van der Waals surface area contributed by atoms with Crippen LogP contribution >= 0.6 is 0 Å². The summed E-state index contributed by atoms with van der Waals surface area (Å²) in [5.41, 5.74) is 7.74. The van der Waals surface area contributed by atoms with Gasteiger partial charge in [0.05, 0.1) is 12.1 Å². The highest BCUT2D eigenvalue weighted by Crippen LogP contribution is 2.05. The molecule has 0 aliphatic carbocycles. The van der Waals surface area contributed by atoms with Crippen LogP contribution < -0.4 is 16.2 Å². The Balaban J connectivity index is 1.96. The molecule has 0 fully saturated rings. The van der Waals surface area contributed by atoms with E-state index in [0.29, 0.717) is 6.42 Å². The third kappa shape index (κ3) is 5.23. The lowest BCUT2D eigenvalue weighted by atomic mass is 10.0. The molecular formula is C18H20N3O2-. The molecule has 5 nitrogen and oxygen atoms in total. The van der Waals surface area contributed by atoms with Gasteiger partial charge in [-0.05, 0) is 29.9 Å². The SMILES string of the molecule is N=C([O-])C(Cc1ccccc1)NC(=O)C(N)Cc1ccccc1. The molecule has 0 saturated heterocycles. The Hall–Kier alpha value is -2.66. The van der Waals surface area contributed by atoms with Crippen molar-refractivity contribution in [1.29, 1.82) is 5.41 Å². The van der Waals surface area contributed by atoms with Crippen LogP contribution in [0.3, 0.4) is 0 Å². The van der Waals surface area contributed by atoms with E-state index in [1.54, 1.807) is 0 Å². The fourth-order valence-corrected chi connectivity index (χ4v) is 2.30. The number of hydrogen-bond donors (Lipinski definition) is 3. The van der Waals surface area contributed by atoms with Gasteiger partial charge in [-0.25, -0.2) is 0 Å². The average molecular weight is 310 g/mol. The monoisotopic (exact) mass is 310 g/mol. The topological polar surface area (TPSA) is 102 Å². The quantitative estimate of drug-likeness (QED) is 0.516. The fraction of sp³-hybridized carbons (Fsp3) is 0.222. The highest BCUT2D eigenvalue weighted by molar-refractivity contribution is 5.87. The van der Waals surface area contributed by atoms with Gasteiger partial charge < -0.3 is 21.6 Å². The minimum Gasteiger partial charge on any atom is -0.861 e. The van der Waals surface area contributed by atoms with E-state index < -0.39 is 23.9 Å². The summed E-state index contributed by atoms with van der Waals surface area (Å²) in [5, 5.41) is 21.4. The molecule has 0 aliphatic rings. The van der Waals surface area contributed by atoms with Crippen molar-refractivity contribution >= 4 is 11.8 Å². The first-order valence-corrected chi connectivity index (χ1v) is 7.45. The summed E-state index contributed by atoms with van der Waals surface area (Å²) in [6.07, 6.45) is 0.671. The van der Waals surface area contributed by atoms with Crippen LogP contribution in [0.15, 0.2) is 60.7 Å². The van der Waals surface area contributed by atoms with Gasteiger partial charge in [-0.15, -0.1) is 0 Å². The Morgan fingerprint density at radius 2 is 1.48 bits per heavy atom. The molecule has 2 atom stereocenters. The molecule has 1 amide bonds. The zero-order valence-corrected chi connectivity index (χ0v) is 12.7. The van der Waals surface area contributed by atoms with Crippen molar-refractivity contribution in [2.75, 3.05) is 0 Å². The molecule has 0 aliphatic heterocycles. The number of amides is 1. The molecule has 0 bridgehead atoms. The molecule has 0 radical (unpaired) electrons. The number of hydrogen-bond acceptors (Lipinski definition) is 4. The molecule has 2 rings (SSSR count). The van der Waals surface area contributed by atoms with Gasteiger partial charge in [-0.1, -0.05) is 60.7 Å². The molecule has 0 aromatic heterocycles. The minimum absolute atomic E-state index is 0.285. The summed E-state index contributed by atoms with van der Waals surface area (Å²) in [6.45, 7) is 0. The molecule has 4 N–H and O–H groups in total. The van der Waals surface area contributed by atoms with Crippen molar-refractivity contribution in [3.05, 3.63) is 71.8 Å². The average Bonchev–Trinajstić information content (AvgIpc) is 2.56. The lowest BCUT2D eigenvalue weighted by molar-refractivity contribution is -0.223. The molecule has 2 aromatic carbocycles. The van der Waals surface area contributed by atoms with Crippen LogP contribution in [-0.2, 0) is 17.6 Å². The first-order valence-electron chi connectivity index (χ1n) is 7.45. The van der Waals surface area contributed by atoms with E-state index in [1.807, 2.05) is 60.7 Å². The zero-order chi connectivity index (χ0) is 16.7. The molecule has 2 aromatic rings. The molecule has 120 valence electrons. The second kappa shape index (κ2) is 8.10. The maximum Gasteiger partial charge on any atom is 0.237 e. The van der Waals surface area contributed by atoms with Crippen LogP contribution in [0.2, 0.25) is 0 Å². The van der Waals surface area contributed by atoms with Gasteiger partial charge >= 0.3 is 0 Å². The van der Waals surface area contributed by atoms with Gasteiger partial charge in [0.1, 0.15) is 0 Å². The van der Waals surface area contributed by atoms with Gasteiger partial charge in [-0.2, -0.15) is 0 Å². The largest absolute Gasteiger partial charge is 0.861 e. The number of nitrogens with two attached hydrogens (primary N) is 1. The van der Waals surface area contributed by atoms with Crippen LogP contribution in [0.1, 0.15) is 11.1 Å². The van der Waals surface area contributed by atoms with Crippen LogP contribution in [-0.4, -0.2) is 23.9 Å². The predicted molar refractivity (Wildman–Crippen MR) is 87.9 cm³/mol. The maximum atomic E-state index is 12.2. The number of carbonyl (C=O) groups excluding carboxylic acids is 1. The number of benzene rings is 2. The number of nitrogens with one attached hydrogen (secondary N) is 2. The zero-order valence-electron chi connectivity index (χ0n) is 12.7. The Kier molecular flexibility index (Phi) is 5.88. The summed E-state index contributed by atoms with van der Waals surface area (Å²) in [6, 6.07) is 17.1. The molecule has 2 unspecified atom stereocenters. The predicted octanol–water partition coefficient (Wildman–Crippen LogP) is 0.621. The van der Waals surface area contributed by atoms with Crippen LogP contribution in [0.5, 0.6) is 0 Å². The van der Waals surface area contributed by atoms with Gasteiger partial charge in [0.15, 0.2) is 0 Å². The minimum atomic E-state index is -0.883. The van der Waals surface area contributed by atoms with Crippen molar-refractivity contribution in [2.45, 2.75) is 24.9 Å². The van der Waals surface area contributed by atoms with Crippen LogP contribution in [0.25, 0.3) is 0 Å². The van der Waals surface area contributed by atoms with E-state index in [4.69, 9.17) is 11.1 Å². The van der Waals surface area contributed by atoms with Crippen LogP contribution in [0, 0.1) is 5.41 Å². The van der Waals surface area contributed by atoms with Gasteiger partial charge in [0, 0.05) is 0 Å². The summed E-state index contributed by atoms with van der Waals surface area (Å²) in [5.74, 6) is -1.25. The molecule has 0 saturated carbocycles. The molecular weight excluding hydrogens is 290 g/mol. The summed E-state index contributed by atoms with van der Waals surface area (Å²) in [7, 11) is 0. The highest BCUT2D eigenvalue weighted by Gasteiger charge is 2.18. The van der Waals surface area contributed by atoms with E-state index in [-0.39, 0.29) is 6.42 Å². The Morgan fingerprint density at radius 1 is 1.00 bits per heavy atom. The molecule has 0 heterocycles. The number of rotatable bonds is 7.